The number of rotatable bonds is 28. The molecule has 0 saturated carbocycles. The van der Waals surface area contributed by atoms with Gasteiger partial charge in [-0.1, -0.05) is 438 Å². The minimum Gasteiger partial charge on any atom is -0.480 e. The minimum absolute atomic E-state index is 0. The molecule has 0 heterocycles. The molecule has 0 fully saturated rings. The van der Waals surface area contributed by atoms with E-state index in [2.05, 4.69) is 398 Å². The molecule has 0 aliphatic carbocycles. The van der Waals surface area contributed by atoms with Gasteiger partial charge in [-0.15, -0.1) is 0 Å². The minimum atomic E-state index is -0.906. The molecule has 0 aliphatic rings. The Morgan fingerprint density at radius 1 is 0.349 bits per heavy atom. The number of hydrogen-bond acceptors (Lipinski definition) is 7. The fourth-order valence-electron chi connectivity index (χ4n) is 12.9. The first-order chi connectivity index (χ1) is 59.5. The van der Waals surface area contributed by atoms with E-state index in [1.165, 1.54) is 69.7 Å². The molecule has 126 heavy (non-hydrogen) atoms. The van der Waals surface area contributed by atoms with Crippen LogP contribution in [-0.4, -0.2) is 81.7 Å². The first kappa shape index (κ1) is 108. The average Bonchev–Trinajstić information content (AvgIpc) is 0.838. The third-order valence-electron chi connectivity index (χ3n) is 18.5. The van der Waals surface area contributed by atoms with Gasteiger partial charge in [0, 0.05) is 31.5 Å². The van der Waals surface area contributed by atoms with Crippen LogP contribution in [0, 0.1) is 17.9 Å². The van der Waals surface area contributed by atoms with Crippen LogP contribution >= 0.6 is 31.7 Å². The van der Waals surface area contributed by atoms with Crippen LogP contribution in [0.1, 0.15) is 116 Å². The number of carboxylic acid groups (broad SMARTS) is 1. The largest absolute Gasteiger partial charge is 0.480 e. The van der Waals surface area contributed by atoms with Crippen LogP contribution in [0.3, 0.4) is 0 Å². The molecule has 0 aliphatic heterocycles. The van der Waals surface area contributed by atoms with Gasteiger partial charge in [-0.25, -0.2) is 0 Å². The zero-order valence-corrected chi connectivity index (χ0v) is 82.0. The smallest absolute Gasteiger partial charge is 0.323 e. The summed E-state index contributed by atoms with van der Waals surface area (Å²) in [6, 6.07) is 140. The van der Waals surface area contributed by atoms with Crippen molar-refractivity contribution in [3.8, 4) is 0 Å². The normalized spacial score (nSPS) is 11.5. The summed E-state index contributed by atoms with van der Waals surface area (Å²) in [6.45, 7) is 26.9. The molecule has 13 aromatic rings. The number of amides is 2. The van der Waals surface area contributed by atoms with E-state index in [1.807, 2.05) is 113 Å². The number of hydrogen-bond donors (Lipinski definition) is 5. The summed E-state index contributed by atoms with van der Waals surface area (Å²) in [4.78, 5) is 47.9. The van der Waals surface area contributed by atoms with Crippen LogP contribution in [0.5, 0.6) is 0 Å². The van der Waals surface area contributed by atoms with Crippen molar-refractivity contribution in [2.24, 2.45) is 11.8 Å². The number of esters is 1. The molecule has 5 N–H and O–H groups in total. The van der Waals surface area contributed by atoms with Crippen molar-refractivity contribution in [3.05, 3.63) is 413 Å². The molecule has 16 heteroatoms. The molecule has 13 rings (SSSR count). The molecule has 13 aromatic carbocycles. The first-order valence-corrected chi connectivity index (χ1v) is 47.8. The van der Waals surface area contributed by atoms with E-state index in [1.54, 1.807) is 0 Å². The van der Waals surface area contributed by atoms with Gasteiger partial charge in [0.05, 0.1) is 12.1 Å². The molecule has 2 unspecified atom stereocenters. The Morgan fingerprint density at radius 3 is 0.675 bits per heavy atom. The van der Waals surface area contributed by atoms with Crippen LogP contribution in [0.15, 0.2) is 407 Å². The van der Waals surface area contributed by atoms with Crippen molar-refractivity contribution in [1.29, 1.82) is 0 Å². The molecule has 2 amide bonds. The molecular formula is C110H132N4O6P4PdSi-. The second kappa shape index (κ2) is 60.6. The second-order valence-corrected chi connectivity index (χ2v) is 40.5. The summed E-state index contributed by atoms with van der Waals surface area (Å²) in [6.07, 6.45) is 4.26. The molecule has 10 nitrogen and oxygen atoms in total. The Hall–Kier alpha value is -10.0. The number of nitrogens with one attached hydrogen (secondary N) is 4. The molecular weight excluding hydrogens is 1730 g/mol. The summed E-state index contributed by atoms with van der Waals surface area (Å²) in [5.41, 5.74) is -0.634. The Bertz CT molecular complexity index is 4140. The van der Waals surface area contributed by atoms with Crippen molar-refractivity contribution >= 4 is 130 Å². The maximum absolute atomic E-state index is 12.4. The number of benzene rings is 13. The Kier molecular flexibility index (Phi) is 52.1. The van der Waals surface area contributed by atoms with Crippen LogP contribution in [0.25, 0.3) is 0 Å². The predicted molar refractivity (Wildman–Crippen MR) is 548 cm³/mol. The van der Waals surface area contributed by atoms with Gasteiger partial charge in [-0.05, 0) is 173 Å². The fraction of sp³-hybridized carbons (Fsp3) is 0.236. The fourth-order valence-corrected chi connectivity index (χ4v) is 22.1. The van der Waals surface area contributed by atoms with Crippen molar-refractivity contribution in [3.63, 3.8) is 0 Å². The average molecular weight is 1860 g/mol. The van der Waals surface area contributed by atoms with Crippen molar-refractivity contribution in [2.45, 2.75) is 151 Å². The Morgan fingerprint density at radius 2 is 0.532 bits per heavy atom. The molecule has 0 aromatic heterocycles. The number of carbonyl (C=O) groups excluding carboxylic acids is 3. The van der Waals surface area contributed by atoms with Gasteiger partial charge < -0.3 is 20.5 Å². The van der Waals surface area contributed by atoms with Gasteiger partial charge in [-0.2, -0.15) is 36.4 Å². The van der Waals surface area contributed by atoms with E-state index in [0.717, 1.165) is 12.8 Å². The molecule has 1 radical (unpaired) electrons. The Labute approximate surface area is 777 Å². The van der Waals surface area contributed by atoms with Crippen LogP contribution in [-0.2, 0) is 44.3 Å². The quantitative estimate of drug-likeness (QED) is 0.0107. The third kappa shape index (κ3) is 39.5. The van der Waals surface area contributed by atoms with Crippen molar-refractivity contribution in [1.82, 2.24) is 21.3 Å². The summed E-state index contributed by atoms with van der Waals surface area (Å²) in [5, 5.41) is 37.9. The molecule has 663 valence electrons. The van der Waals surface area contributed by atoms with E-state index < -0.39 is 61.8 Å². The first-order valence-electron chi connectivity index (χ1n) is 42.4. The predicted octanol–water partition coefficient (Wildman–Crippen LogP) is 18.9. The molecule has 4 atom stereocenters. The Balaban J connectivity index is 0.000000311. The summed E-state index contributed by atoms with van der Waals surface area (Å²) >= 11 is 0. The zero-order valence-electron chi connectivity index (χ0n) is 74.9. The summed E-state index contributed by atoms with van der Waals surface area (Å²) < 4.78 is 5.12. The van der Waals surface area contributed by atoms with Crippen molar-refractivity contribution in [2.75, 3.05) is 6.61 Å². The van der Waals surface area contributed by atoms with Crippen LogP contribution in [0.4, 0.5) is 0 Å². The van der Waals surface area contributed by atoms with E-state index >= 15 is 0 Å². The topological polar surface area (TPSA) is 146 Å². The van der Waals surface area contributed by atoms with Gasteiger partial charge in [0.25, 0.3) is 0 Å². The van der Waals surface area contributed by atoms with Gasteiger partial charge >= 0.3 is 11.9 Å². The number of aliphatic carboxylic acids is 1. The van der Waals surface area contributed by atoms with Crippen LogP contribution < -0.4 is 84.9 Å². The van der Waals surface area contributed by atoms with E-state index in [4.69, 9.17) is 9.84 Å². The SMILES string of the molecule is C.C=CCOC(=O)[C@H](CCC)NC(C(=O)NC(C)(C)C)C(C)C.CCC[C@H](NC(C(=O)NC(C)(C)C)C(C)C)C(=O)O.[Pd].[SiH3].[c-]1ccccc1.c1ccc(P(c2ccccc2)c2ccccc2)cc1.c1ccc(P(c2ccccc2)c2ccccc2)cc1.c1ccc(P(c2ccccc2)c2ccccc2)cc1.c1ccc(P(c2ccccc2)c2ccccc2)cc1. The zero-order chi connectivity index (χ0) is 88.5. The van der Waals surface area contributed by atoms with Gasteiger partial charge in [0.2, 0.25) is 11.8 Å². The van der Waals surface area contributed by atoms with E-state index in [-0.39, 0.29) is 86.1 Å². The summed E-state index contributed by atoms with van der Waals surface area (Å²) in [7, 11) is -1.78. The van der Waals surface area contributed by atoms with E-state index in [0.29, 0.717) is 12.8 Å². The van der Waals surface area contributed by atoms with Crippen molar-refractivity contribution < 1.29 is 49.4 Å². The molecule has 0 saturated heterocycles. The standard InChI is InChI=1S/4C18H15P.C17H32N2O3.C14H28N2O3.C6H5.CH4.Pd.H3Si/c4*1-4-10-16(11-5-1)19(17-12-6-2-7-13-17)18-14-8-3-9-15-18;1-8-10-13(16(21)22-11-9-2)18-14(12(3)4)15(20)19-17(5,6)7;1-7-8-10(13(18)19)15-11(9(2)3)12(17)16-14(4,5)6;1-2-4-6-5-3-1;;;/h4*1-15H;9,12-14,18H,2,8,10-11H2,1,3-7H3,(H,19,20);9-11,15H,7-8H2,1-6H3,(H,16,17)(H,18,19);1-5H;1H4;;1H3/q;;;;;;-1;;;/t;;;;13-,14?;10-,11?;;;;/m....00..../s1. The number of carboxylic acids is 1. The maximum atomic E-state index is 12.4. The summed E-state index contributed by atoms with van der Waals surface area (Å²) in [5.74, 6) is -1.40. The van der Waals surface area contributed by atoms with E-state index in [9.17, 15) is 19.2 Å². The molecule has 0 spiro atoms. The third-order valence-corrected chi connectivity index (χ3v) is 28.3. The van der Waals surface area contributed by atoms with Gasteiger partial charge in [0.15, 0.2) is 0 Å². The number of ether oxygens (including phenoxy) is 1. The van der Waals surface area contributed by atoms with Gasteiger partial charge in [0.1, 0.15) is 18.7 Å². The van der Waals surface area contributed by atoms with Crippen LogP contribution in [0.2, 0.25) is 0 Å². The maximum Gasteiger partial charge on any atom is 0.323 e. The number of carbonyl (C=O) groups is 4. The molecule has 0 bridgehead atoms. The monoisotopic (exact) mass is 1860 g/mol. The second-order valence-electron chi connectivity index (χ2n) is 31.6. The van der Waals surface area contributed by atoms with Gasteiger partial charge in [-0.3, -0.25) is 29.8 Å².